The first kappa shape index (κ1) is 29.6. The summed E-state index contributed by atoms with van der Waals surface area (Å²) in [5.74, 6) is -1.33. The molecule has 1 N–H and O–H groups in total. The van der Waals surface area contributed by atoms with E-state index in [0.717, 1.165) is 0 Å². The van der Waals surface area contributed by atoms with E-state index in [1.54, 1.807) is 47.7 Å². The van der Waals surface area contributed by atoms with Gasteiger partial charge in [0.15, 0.2) is 5.13 Å². The Morgan fingerprint density at radius 2 is 1.74 bits per heavy atom. The Labute approximate surface area is 216 Å². The summed E-state index contributed by atoms with van der Waals surface area (Å²) in [5, 5.41) is 3.14. The molecule has 0 aliphatic carbocycles. The van der Waals surface area contributed by atoms with Crippen molar-refractivity contribution in [2.24, 2.45) is 5.92 Å². The highest BCUT2D eigenvalue weighted by molar-refractivity contribution is 9.11. The lowest BCUT2D eigenvalue weighted by Gasteiger charge is -2.36. The molecular weight excluding hydrogens is 553 g/mol. The van der Waals surface area contributed by atoms with Gasteiger partial charge in [0.1, 0.15) is 11.2 Å². The van der Waals surface area contributed by atoms with Gasteiger partial charge in [-0.25, -0.2) is 14.6 Å². The summed E-state index contributed by atoms with van der Waals surface area (Å²) >= 11 is 4.56. The molecule has 1 aliphatic rings. The number of alkyl carbamates (subject to hydrolysis) is 1. The molecule has 0 aromatic carbocycles. The molecule has 1 saturated heterocycles. The molecule has 0 radical (unpaired) electrons. The minimum Gasteiger partial charge on any atom is -0.444 e. The first-order valence-corrected chi connectivity index (χ1v) is 12.9. The number of piperidine rings is 1. The molecular formula is C22H34BrF3N4O4S. The zero-order chi connectivity index (χ0) is 26.6. The molecule has 0 bridgehead atoms. The lowest BCUT2D eigenvalue weighted by Crippen LogP contribution is -2.54. The van der Waals surface area contributed by atoms with E-state index in [-0.39, 0.29) is 39.0 Å². The number of rotatable bonds is 6. The summed E-state index contributed by atoms with van der Waals surface area (Å²) in [6.07, 6.45) is -4.03. The number of hydrogen-bond donors (Lipinski definition) is 1. The van der Waals surface area contributed by atoms with Crippen LogP contribution in [0.5, 0.6) is 0 Å². The maximum Gasteiger partial charge on any atom is 0.416 e. The van der Waals surface area contributed by atoms with Crippen LogP contribution in [0.25, 0.3) is 0 Å². The fourth-order valence-corrected chi connectivity index (χ4v) is 4.70. The van der Waals surface area contributed by atoms with Gasteiger partial charge < -0.3 is 19.7 Å². The third kappa shape index (κ3) is 10.5. The number of ether oxygens (including phenoxy) is 2. The fraction of sp³-hybridized carbons (Fsp3) is 0.773. The number of anilines is 1. The largest absolute Gasteiger partial charge is 0.444 e. The zero-order valence-corrected chi connectivity index (χ0v) is 23.3. The van der Waals surface area contributed by atoms with Gasteiger partial charge in [-0.2, -0.15) is 13.2 Å². The molecule has 0 saturated carbocycles. The summed E-state index contributed by atoms with van der Waals surface area (Å²) in [5.41, 5.74) is -1.51. The average Bonchev–Trinajstić information content (AvgIpc) is 3.08. The second-order valence-corrected chi connectivity index (χ2v) is 12.9. The second kappa shape index (κ2) is 11.6. The molecule has 1 fully saturated rings. The molecule has 1 aromatic heterocycles. The molecule has 13 heteroatoms. The molecule has 0 spiro atoms. The molecule has 1 atom stereocenters. The van der Waals surface area contributed by atoms with Gasteiger partial charge in [0.25, 0.3) is 0 Å². The van der Waals surface area contributed by atoms with Crippen LogP contribution in [0.1, 0.15) is 54.4 Å². The predicted octanol–water partition coefficient (Wildman–Crippen LogP) is 5.81. The van der Waals surface area contributed by atoms with Gasteiger partial charge in [-0.15, -0.1) is 0 Å². The van der Waals surface area contributed by atoms with E-state index < -0.39 is 41.5 Å². The Morgan fingerprint density at radius 3 is 2.20 bits per heavy atom. The standard InChI is InChI=1S/C22H34BrF3N4O4S/c1-20(2,3)33-18(31)28-15(12-29-9-7-14(8-10-29)22(24,25)26)13-30(17-27-11-16(23)35-17)19(32)34-21(4,5)6/h11,14-15H,7-10,12-13H2,1-6H3,(H,28,31). The van der Waals surface area contributed by atoms with Gasteiger partial charge in [-0.1, -0.05) is 11.3 Å². The van der Waals surface area contributed by atoms with Crippen molar-refractivity contribution in [1.29, 1.82) is 0 Å². The smallest absolute Gasteiger partial charge is 0.416 e. The normalized spacial score (nSPS) is 17.1. The monoisotopic (exact) mass is 586 g/mol. The third-order valence-corrected chi connectivity index (χ3v) is 6.46. The maximum absolute atomic E-state index is 13.1. The van der Waals surface area contributed by atoms with Crippen molar-refractivity contribution in [2.45, 2.75) is 77.8 Å². The van der Waals surface area contributed by atoms with E-state index in [2.05, 4.69) is 26.2 Å². The highest BCUT2D eigenvalue weighted by Crippen LogP contribution is 2.34. The van der Waals surface area contributed by atoms with Gasteiger partial charge in [0, 0.05) is 6.54 Å². The topological polar surface area (TPSA) is 84.0 Å². The quantitative estimate of drug-likeness (QED) is 0.452. The number of alkyl halides is 3. The van der Waals surface area contributed by atoms with Gasteiger partial charge >= 0.3 is 18.4 Å². The van der Waals surface area contributed by atoms with Crippen LogP contribution in [0.2, 0.25) is 0 Å². The molecule has 1 unspecified atom stereocenters. The summed E-state index contributed by atoms with van der Waals surface area (Å²) in [6.45, 7) is 11.1. The minimum atomic E-state index is -4.22. The summed E-state index contributed by atoms with van der Waals surface area (Å²) in [7, 11) is 0. The van der Waals surface area contributed by atoms with Crippen LogP contribution in [-0.2, 0) is 9.47 Å². The summed E-state index contributed by atoms with van der Waals surface area (Å²) < 4.78 is 50.9. The Balaban J connectivity index is 2.22. The number of thiazole rings is 1. The van der Waals surface area contributed by atoms with E-state index in [9.17, 15) is 22.8 Å². The highest BCUT2D eigenvalue weighted by Gasteiger charge is 2.41. The maximum atomic E-state index is 13.1. The Morgan fingerprint density at radius 1 is 1.17 bits per heavy atom. The molecule has 200 valence electrons. The van der Waals surface area contributed by atoms with Gasteiger partial charge in [0.2, 0.25) is 0 Å². The van der Waals surface area contributed by atoms with Crippen molar-refractivity contribution in [3.05, 3.63) is 9.98 Å². The molecule has 8 nitrogen and oxygen atoms in total. The summed E-state index contributed by atoms with van der Waals surface area (Å²) in [4.78, 5) is 33.0. The lowest BCUT2D eigenvalue weighted by atomic mass is 9.96. The first-order chi connectivity index (χ1) is 15.9. The van der Waals surface area contributed by atoms with Gasteiger partial charge in [-0.05, 0) is 83.4 Å². The number of hydrogen-bond acceptors (Lipinski definition) is 7. The number of amides is 2. The number of carbonyl (C=O) groups excluding carboxylic acids is 2. The first-order valence-electron chi connectivity index (χ1n) is 11.3. The third-order valence-electron chi connectivity index (χ3n) is 4.96. The van der Waals surface area contributed by atoms with Gasteiger partial charge in [0.05, 0.1) is 28.5 Å². The van der Waals surface area contributed by atoms with Crippen molar-refractivity contribution in [2.75, 3.05) is 31.1 Å². The van der Waals surface area contributed by atoms with Crippen LogP contribution in [0.3, 0.4) is 0 Å². The number of nitrogens with one attached hydrogen (secondary N) is 1. The lowest BCUT2D eigenvalue weighted by molar-refractivity contribution is -0.185. The van der Waals surface area contributed by atoms with Crippen LogP contribution in [-0.4, -0.2) is 71.7 Å². The number of likely N-dealkylation sites (tertiary alicyclic amines) is 1. The van der Waals surface area contributed by atoms with Crippen molar-refractivity contribution < 1.29 is 32.2 Å². The molecule has 35 heavy (non-hydrogen) atoms. The summed E-state index contributed by atoms with van der Waals surface area (Å²) in [6, 6.07) is -0.650. The highest BCUT2D eigenvalue weighted by atomic mass is 79.9. The van der Waals surface area contributed by atoms with E-state index in [0.29, 0.717) is 8.92 Å². The number of carbonyl (C=O) groups is 2. The number of halogens is 4. The molecule has 2 amide bonds. The number of aromatic nitrogens is 1. The van der Waals surface area contributed by atoms with E-state index in [1.807, 2.05) is 4.90 Å². The van der Waals surface area contributed by atoms with E-state index >= 15 is 0 Å². The average molecular weight is 588 g/mol. The second-order valence-electron chi connectivity index (χ2n) is 10.5. The van der Waals surface area contributed by atoms with Crippen molar-refractivity contribution >= 4 is 44.6 Å². The van der Waals surface area contributed by atoms with Crippen LogP contribution in [0.4, 0.5) is 27.9 Å². The van der Waals surface area contributed by atoms with Crippen LogP contribution in [0.15, 0.2) is 9.98 Å². The molecule has 2 heterocycles. The molecule has 2 rings (SSSR count). The number of nitrogens with zero attached hydrogens (tertiary/aromatic N) is 3. The zero-order valence-electron chi connectivity index (χ0n) is 20.9. The minimum absolute atomic E-state index is 0.00664. The van der Waals surface area contributed by atoms with Crippen LogP contribution < -0.4 is 10.2 Å². The molecule has 1 aliphatic heterocycles. The fourth-order valence-electron chi connectivity index (χ4n) is 3.52. The Bertz CT molecular complexity index is 862. The van der Waals surface area contributed by atoms with Crippen molar-refractivity contribution in [3.63, 3.8) is 0 Å². The van der Waals surface area contributed by atoms with Crippen molar-refractivity contribution in [3.8, 4) is 0 Å². The Hall–Kier alpha value is -1.60. The SMILES string of the molecule is CC(C)(C)OC(=O)NC(CN1CCC(C(F)(F)F)CC1)CN(C(=O)OC(C)(C)C)c1ncc(Br)s1. The van der Waals surface area contributed by atoms with Crippen LogP contribution in [0, 0.1) is 5.92 Å². The van der Waals surface area contributed by atoms with E-state index in [4.69, 9.17) is 9.47 Å². The van der Waals surface area contributed by atoms with Gasteiger partial charge in [-0.3, -0.25) is 4.90 Å². The van der Waals surface area contributed by atoms with Crippen LogP contribution >= 0.6 is 27.3 Å². The Kier molecular flexibility index (Phi) is 9.85. The molecule has 1 aromatic rings. The predicted molar refractivity (Wildman–Crippen MR) is 132 cm³/mol. The van der Waals surface area contributed by atoms with E-state index in [1.165, 1.54) is 16.2 Å². The van der Waals surface area contributed by atoms with Crippen molar-refractivity contribution in [1.82, 2.24) is 15.2 Å².